The summed E-state index contributed by atoms with van der Waals surface area (Å²) >= 11 is 0. The van der Waals surface area contributed by atoms with Crippen molar-refractivity contribution in [2.24, 2.45) is 0 Å². The van der Waals surface area contributed by atoms with Crippen molar-refractivity contribution in [2.75, 3.05) is 26.3 Å². The summed E-state index contributed by atoms with van der Waals surface area (Å²) in [4.78, 5) is 11.8. The van der Waals surface area contributed by atoms with Crippen LogP contribution in [0.5, 0.6) is 11.5 Å². The highest BCUT2D eigenvalue weighted by molar-refractivity contribution is 5.76. The largest absolute Gasteiger partial charge is 0.494 e. The molecule has 1 aromatic rings. The maximum Gasteiger partial charge on any atom is 0.220 e. The van der Waals surface area contributed by atoms with Crippen LogP contribution in [0.25, 0.3) is 0 Å². The Bertz CT molecular complexity index is 442. The van der Waals surface area contributed by atoms with Crippen LogP contribution in [0, 0.1) is 0 Å². The zero-order valence-corrected chi connectivity index (χ0v) is 13.3. The standard InChI is InChI=1S/C17H26N2O3/c1-2-21-15-7-9-16(10-8-15)22-12-4-6-17(20)19-14-5-3-11-18-13-14/h7-10,14,18H,2-6,11-13H2,1H3,(H,19,20). The fourth-order valence-electron chi connectivity index (χ4n) is 2.50. The molecule has 0 saturated carbocycles. The van der Waals surface area contributed by atoms with Crippen molar-refractivity contribution >= 4 is 5.91 Å². The summed E-state index contributed by atoms with van der Waals surface area (Å²) in [6.45, 7) is 5.10. The Kier molecular flexibility index (Phi) is 7.03. The minimum atomic E-state index is 0.115. The maximum absolute atomic E-state index is 11.8. The van der Waals surface area contributed by atoms with E-state index in [4.69, 9.17) is 9.47 Å². The monoisotopic (exact) mass is 306 g/mol. The van der Waals surface area contributed by atoms with Gasteiger partial charge in [0.25, 0.3) is 0 Å². The van der Waals surface area contributed by atoms with Crippen molar-refractivity contribution in [1.29, 1.82) is 0 Å². The van der Waals surface area contributed by atoms with Gasteiger partial charge in [0, 0.05) is 19.0 Å². The Labute approximate surface area is 132 Å². The van der Waals surface area contributed by atoms with E-state index in [1.54, 1.807) is 0 Å². The fraction of sp³-hybridized carbons (Fsp3) is 0.588. The van der Waals surface area contributed by atoms with Gasteiger partial charge in [-0.25, -0.2) is 0 Å². The van der Waals surface area contributed by atoms with E-state index in [0.717, 1.165) is 43.9 Å². The first-order valence-corrected chi connectivity index (χ1v) is 8.13. The van der Waals surface area contributed by atoms with E-state index in [1.165, 1.54) is 0 Å². The Morgan fingerprint density at radius 3 is 2.64 bits per heavy atom. The predicted molar refractivity (Wildman–Crippen MR) is 86.4 cm³/mol. The molecule has 2 rings (SSSR count). The zero-order chi connectivity index (χ0) is 15.6. The summed E-state index contributed by atoms with van der Waals surface area (Å²) in [5, 5.41) is 6.36. The highest BCUT2D eigenvalue weighted by Crippen LogP contribution is 2.17. The van der Waals surface area contributed by atoms with E-state index in [2.05, 4.69) is 10.6 Å². The van der Waals surface area contributed by atoms with E-state index in [1.807, 2.05) is 31.2 Å². The molecule has 1 amide bonds. The van der Waals surface area contributed by atoms with E-state index < -0.39 is 0 Å². The first kappa shape index (κ1) is 16.6. The molecule has 1 unspecified atom stereocenters. The molecular weight excluding hydrogens is 280 g/mol. The van der Waals surface area contributed by atoms with Crippen LogP contribution in [-0.2, 0) is 4.79 Å². The topological polar surface area (TPSA) is 59.6 Å². The molecule has 22 heavy (non-hydrogen) atoms. The van der Waals surface area contributed by atoms with Crippen molar-refractivity contribution in [2.45, 2.75) is 38.6 Å². The number of hydrogen-bond acceptors (Lipinski definition) is 4. The highest BCUT2D eigenvalue weighted by atomic mass is 16.5. The molecule has 0 radical (unpaired) electrons. The zero-order valence-electron chi connectivity index (χ0n) is 13.3. The molecule has 1 saturated heterocycles. The van der Waals surface area contributed by atoms with Crippen LogP contribution < -0.4 is 20.1 Å². The summed E-state index contributed by atoms with van der Waals surface area (Å²) in [5.41, 5.74) is 0. The minimum absolute atomic E-state index is 0.115. The quantitative estimate of drug-likeness (QED) is 0.722. The number of carbonyl (C=O) groups is 1. The average molecular weight is 306 g/mol. The van der Waals surface area contributed by atoms with Gasteiger partial charge in [0.2, 0.25) is 5.91 Å². The van der Waals surface area contributed by atoms with Crippen molar-refractivity contribution in [3.63, 3.8) is 0 Å². The van der Waals surface area contributed by atoms with Crippen LogP contribution in [0.1, 0.15) is 32.6 Å². The third kappa shape index (κ3) is 5.93. The fourth-order valence-corrected chi connectivity index (χ4v) is 2.50. The first-order valence-electron chi connectivity index (χ1n) is 8.13. The molecule has 0 aromatic heterocycles. The molecule has 122 valence electrons. The van der Waals surface area contributed by atoms with Crippen LogP contribution in [0.4, 0.5) is 0 Å². The third-order valence-electron chi connectivity index (χ3n) is 3.61. The van der Waals surface area contributed by atoms with Crippen LogP contribution in [0.2, 0.25) is 0 Å². The summed E-state index contributed by atoms with van der Waals surface area (Å²) in [5.74, 6) is 1.76. The lowest BCUT2D eigenvalue weighted by molar-refractivity contribution is -0.122. The SMILES string of the molecule is CCOc1ccc(OCCCC(=O)NC2CCCNC2)cc1. The number of benzene rings is 1. The second-order valence-electron chi connectivity index (χ2n) is 5.47. The van der Waals surface area contributed by atoms with Crippen LogP contribution in [0.15, 0.2) is 24.3 Å². The predicted octanol–water partition coefficient (Wildman–Crippen LogP) is 2.11. The van der Waals surface area contributed by atoms with Crippen molar-refractivity contribution < 1.29 is 14.3 Å². The second-order valence-corrected chi connectivity index (χ2v) is 5.47. The van der Waals surface area contributed by atoms with E-state index in [0.29, 0.717) is 19.6 Å². The number of carbonyl (C=O) groups excluding carboxylic acids is 1. The number of rotatable bonds is 8. The van der Waals surface area contributed by atoms with Gasteiger partial charge in [-0.05, 0) is 57.0 Å². The van der Waals surface area contributed by atoms with Crippen LogP contribution in [0.3, 0.4) is 0 Å². The maximum atomic E-state index is 11.8. The second kappa shape index (κ2) is 9.30. The molecule has 0 bridgehead atoms. The molecule has 1 atom stereocenters. The lowest BCUT2D eigenvalue weighted by atomic mass is 10.1. The molecule has 1 heterocycles. The number of ether oxygens (including phenoxy) is 2. The van der Waals surface area contributed by atoms with Crippen molar-refractivity contribution in [1.82, 2.24) is 10.6 Å². The third-order valence-corrected chi connectivity index (χ3v) is 3.61. The van der Waals surface area contributed by atoms with Crippen molar-refractivity contribution in [3.8, 4) is 11.5 Å². The molecular formula is C17H26N2O3. The molecule has 1 aliphatic rings. The Hall–Kier alpha value is -1.75. The number of piperidine rings is 1. The van der Waals surface area contributed by atoms with Crippen LogP contribution >= 0.6 is 0 Å². The van der Waals surface area contributed by atoms with Gasteiger partial charge >= 0.3 is 0 Å². The van der Waals surface area contributed by atoms with Gasteiger partial charge in [-0.3, -0.25) is 4.79 Å². The van der Waals surface area contributed by atoms with Gasteiger partial charge in [0.15, 0.2) is 0 Å². The van der Waals surface area contributed by atoms with Gasteiger partial charge < -0.3 is 20.1 Å². The Morgan fingerprint density at radius 1 is 1.27 bits per heavy atom. The van der Waals surface area contributed by atoms with E-state index in [9.17, 15) is 4.79 Å². The molecule has 1 fully saturated rings. The lowest BCUT2D eigenvalue weighted by Gasteiger charge is -2.23. The minimum Gasteiger partial charge on any atom is -0.494 e. The van der Waals surface area contributed by atoms with Crippen LogP contribution in [-0.4, -0.2) is 38.3 Å². The lowest BCUT2D eigenvalue weighted by Crippen LogP contribution is -2.45. The first-order chi connectivity index (χ1) is 10.8. The average Bonchev–Trinajstić information content (AvgIpc) is 2.54. The molecule has 0 aliphatic carbocycles. The molecule has 1 aliphatic heterocycles. The summed E-state index contributed by atoms with van der Waals surface area (Å²) in [6, 6.07) is 7.84. The van der Waals surface area contributed by atoms with E-state index >= 15 is 0 Å². The smallest absolute Gasteiger partial charge is 0.220 e. The van der Waals surface area contributed by atoms with Gasteiger partial charge in [0.1, 0.15) is 11.5 Å². The number of hydrogen-bond donors (Lipinski definition) is 2. The van der Waals surface area contributed by atoms with E-state index in [-0.39, 0.29) is 11.9 Å². The summed E-state index contributed by atoms with van der Waals surface area (Å²) in [7, 11) is 0. The van der Waals surface area contributed by atoms with Gasteiger partial charge in [-0.1, -0.05) is 0 Å². The Balaban J connectivity index is 1.58. The highest BCUT2D eigenvalue weighted by Gasteiger charge is 2.14. The van der Waals surface area contributed by atoms with Gasteiger partial charge in [-0.2, -0.15) is 0 Å². The molecule has 2 N–H and O–H groups in total. The Morgan fingerprint density at radius 2 is 2.00 bits per heavy atom. The summed E-state index contributed by atoms with van der Waals surface area (Å²) in [6.07, 6.45) is 3.43. The normalized spacial score (nSPS) is 17.8. The number of amides is 1. The molecule has 1 aromatic carbocycles. The number of nitrogens with one attached hydrogen (secondary N) is 2. The summed E-state index contributed by atoms with van der Waals surface area (Å²) < 4.78 is 11.0. The molecule has 0 spiro atoms. The van der Waals surface area contributed by atoms with Gasteiger partial charge in [-0.15, -0.1) is 0 Å². The van der Waals surface area contributed by atoms with Gasteiger partial charge in [0.05, 0.1) is 13.2 Å². The molecule has 5 heteroatoms. The molecule has 5 nitrogen and oxygen atoms in total. The van der Waals surface area contributed by atoms with Crippen molar-refractivity contribution in [3.05, 3.63) is 24.3 Å².